The van der Waals surface area contributed by atoms with Gasteiger partial charge in [-0.2, -0.15) is 0 Å². The summed E-state index contributed by atoms with van der Waals surface area (Å²) in [7, 11) is 0. The summed E-state index contributed by atoms with van der Waals surface area (Å²) in [5, 5.41) is 3.33. The molecule has 0 saturated carbocycles. The Kier molecular flexibility index (Phi) is 5.78. The van der Waals surface area contributed by atoms with Crippen LogP contribution in [0.5, 0.6) is 5.88 Å². The highest BCUT2D eigenvalue weighted by Crippen LogP contribution is 2.02. The van der Waals surface area contributed by atoms with E-state index in [1.54, 1.807) is 6.20 Å². The third kappa shape index (κ3) is 6.07. The Morgan fingerprint density at radius 3 is 2.87 bits per heavy atom. The lowest BCUT2D eigenvalue weighted by atomic mass is 10.1. The fraction of sp³-hybridized carbons (Fsp3) is 0.583. The molecule has 0 radical (unpaired) electrons. The molecule has 1 rings (SSSR count). The summed E-state index contributed by atoms with van der Waals surface area (Å²) < 4.78 is 5.44. The zero-order valence-corrected chi connectivity index (χ0v) is 9.57. The molecule has 1 aromatic rings. The van der Waals surface area contributed by atoms with Crippen LogP contribution in [0.2, 0.25) is 0 Å². The minimum atomic E-state index is 0.676. The standard InChI is InChI=1S/C12H20N2O/c1-11(2)6-8-13-9-10-15-12-5-3-4-7-14-12/h3-5,7,11,13H,6,8-10H2,1-2H3. The molecule has 0 atom stereocenters. The summed E-state index contributed by atoms with van der Waals surface area (Å²) in [5.41, 5.74) is 0. The van der Waals surface area contributed by atoms with Crippen LogP contribution in [0.3, 0.4) is 0 Å². The first-order valence-electron chi connectivity index (χ1n) is 5.53. The molecule has 0 bridgehead atoms. The lowest BCUT2D eigenvalue weighted by molar-refractivity contribution is 0.301. The van der Waals surface area contributed by atoms with E-state index >= 15 is 0 Å². The van der Waals surface area contributed by atoms with Gasteiger partial charge in [-0.3, -0.25) is 0 Å². The number of aromatic nitrogens is 1. The molecule has 0 aliphatic heterocycles. The average molecular weight is 208 g/mol. The summed E-state index contributed by atoms with van der Waals surface area (Å²) in [4.78, 5) is 4.07. The number of nitrogens with zero attached hydrogens (tertiary/aromatic N) is 1. The lowest BCUT2D eigenvalue weighted by Gasteiger charge is -2.07. The molecule has 1 heterocycles. The molecule has 0 unspecified atom stereocenters. The second-order valence-corrected chi connectivity index (χ2v) is 3.95. The summed E-state index contributed by atoms with van der Waals surface area (Å²) in [6.07, 6.45) is 2.95. The number of ether oxygens (including phenoxy) is 1. The molecule has 0 aliphatic rings. The maximum Gasteiger partial charge on any atom is 0.213 e. The average Bonchev–Trinajstić information content (AvgIpc) is 2.24. The molecule has 15 heavy (non-hydrogen) atoms. The van der Waals surface area contributed by atoms with Crippen LogP contribution < -0.4 is 10.1 Å². The van der Waals surface area contributed by atoms with Crippen molar-refractivity contribution in [3.63, 3.8) is 0 Å². The van der Waals surface area contributed by atoms with Gasteiger partial charge in [0.15, 0.2) is 0 Å². The van der Waals surface area contributed by atoms with Crippen molar-refractivity contribution >= 4 is 0 Å². The van der Waals surface area contributed by atoms with Gasteiger partial charge in [-0.05, 0) is 24.9 Å². The van der Waals surface area contributed by atoms with Gasteiger partial charge in [0.25, 0.3) is 0 Å². The molecule has 0 aromatic carbocycles. The van der Waals surface area contributed by atoms with Crippen molar-refractivity contribution < 1.29 is 4.74 Å². The Hall–Kier alpha value is -1.09. The zero-order valence-electron chi connectivity index (χ0n) is 9.57. The van der Waals surface area contributed by atoms with Gasteiger partial charge in [0, 0.05) is 18.8 Å². The van der Waals surface area contributed by atoms with E-state index in [4.69, 9.17) is 4.74 Å². The highest BCUT2D eigenvalue weighted by molar-refractivity contribution is 5.08. The van der Waals surface area contributed by atoms with Gasteiger partial charge in [-0.1, -0.05) is 19.9 Å². The van der Waals surface area contributed by atoms with Crippen LogP contribution in [0.4, 0.5) is 0 Å². The molecule has 1 N–H and O–H groups in total. The van der Waals surface area contributed by atoms with E-state index in [2.05, 4.69) is 24.1 Å². The smallest absolute Gasteiger partial charge is 0.213 e. The van der Waals surface area contributed by atoms with Gasteiger partial charge < -0.3 is 10.1 Å². The van der Waals surface area contributed by atoms with Crippen molar-refractivity contribution in [2.45, 2.75) is 20.3 Å². The Balaban J connectivity index is 1.98. The fourth-order valence-corrected chi connectivity index (χ4v) is 1.18. The van der Waals surface area contributed by atoms with E-state index in [-0.39, 0.29) is 0 Å². The highest BCUT2D eigenvalue weighted by Gasteiger charge is 1.94. The van der Waals surface area contributed by atoms with Crippen molar-refractivity contribution in [2.24, 2.45) is 5.92 Å². The molecule has 0 fully saturated rings. The van der Waals surface area contributed by atoms with Crippen molar-refractivity contribution in [2.75, 3.05) is 19.7 Å². The van der Waals surface area contributed by atoms with Crippen LogP contribution >= 0.6 is 0 Å². The Morgan fingerprint density at radius 1 is 1.33 bits per heavy atom. The molecule has 0 saturated heterocycles. The minimum Gasteiger partial charge on any atom is -0.476 e. The van der Waals surface area contributed by atoms with E-state index in [9.17, 15) is 0 Å². The van der Waals surface area contributed by atoms with Gasteiger partial charge in [-0.15, -0.1) is 0 Å². The molecule has 0 amide bonds. The largest absolute Gasteiger partial charge is 0.476 e. The zero-order chi connectivity index (χ0) is 10.9. The Bertz CT molecular complexity index is 249. The van der Waals surface area contributed by atoms with E-state index in [0.717, 1.165) is 19.0 Å². The summed E-state index contributed by atoms with van der Waals surface area (Å²) >= 11 is 0. The highest BCUT2D eigenvalue weighted by atomic mass is 16.5. The van der Waals surface area contributed by atoms with E-state index < -0.39 is 0 Å². The number of nitrogens with one attached hydrogen (secondary N) is 1. The maximum absolute atomic E-state index is 5.44. The first kappa shape index (κ1) is 12.0. The number of hydrogen-bond donors (Lipinski definition) is 1. The normalized spacial score (nSPS) is 10.6. The van der Waals surface area contributed by atoms with Crippen LogP contribution in [0.15, 0.2) is 24.4 Å². The SMILES string of the molecule is CC(C)CCNCCOc1ccccn1. The maximum atomic E-state index is 5.44. The van der Waals surface area contributed by atoms with Crippen LogP contribution in [-0.4, -0.2) is 24.7 Å². The predicted octanol–water partition coefficient (Wildman–Crippen LogP) is 2.10. The molecular formula is C12H20N2O. The second-order valence-electron chi connectivity index (χ2n) is 3.95. The lowest BCUT2D eigenvalue weighted by Crippen LogP contribution is -2.23. The van der Waals surface area contributed by atoms with Crippen molar-refractivity contribution in [1.82, 2.24) is 10.3 Å². The molecule has 3 heteroatoms. The summed E-state index contributed by atoms with van der Waals surface area (Å²) in [6.45, 7) is 7.07. The minimum absolute atomic E-state index is 0.676. The van der Waals surface area contributed by atoms with Crippen molar-refractivity contribution in [3.05, 3.63) is 24.4 Å². The first-order chi connectivity index (χ1) is 7.29. The molecule has 0 spiro atoms. The predicted molar refractivity (Wildman–Crippen MR) is 62.1 cm³/mol. The van der Waals surface area contributed by atoms with E-state index in [1.165, 1.54) is 6.42 Å². The van der Waals surface area contributed by atoms with Gasteiger partial charge in [0.1, 0.15) is 6.61 Å². The first-order valence-corrected chi connectivity index (χ1v) is 5.53. The molecular weight excluding hydrogens is 188 g/mol. The van der Waals surface area contributed by atoms with Crippen LogP contribution in [0, 0.1) is 5.92 Å². The summed E-state index contributed by atoms with van der Waals surface area (Å²) in [6, 6.07) is 5.68. The number of pyridine rings is 1. The van der Waals surface area contributed by atoms with Crippen LogP contribution in [-0.2, 0) is 0 Å². The third-order valence-electron chi connectivity index (χ3n) is 2.07. The van der Waals surface area contributed by atoms with Crippen LogP contribution in [0.25, 0.3) is 0 Å². The number of hydrogen-bond acceptors (Lipinski definition) is 3. The van der Waals surface area contributed by atoms with Gasteiger partial charge in [-0.25, -0.2) is 4.98 Å². The quantitative estimate of drug-likeness (QED) is 0.697. The molecule has 0 aliphatic carbocycles. The topological polar surface area (TPSA) is 34.1 Å². The Morgan fingerprint density at radius 2 is 2.20 bits per heavy atom. The molecule has 1 aromatic heterocycles. The monoisotopic (exact) mass is 208 g/mol. The van der Waals surface area contributed by atoms with E-state index in [0.29, 0.717) is 12.5 Å². The van der Waals surface area contributed by atoms with Crippen molar-refractivity contribution in [1.29, 1.82) is 0 Å². The second kappa shape index (κ2) is 7.23. The summed E-state index contributed by atoms with van der Waals surface area (Å²) in [5.74, 6) is 1.46. The fourth-order valence-electron chi connectivity index (χ4n) is 1.18. The molecule has 84 valence electrons. The van der Waals surface area contributed by atoms with E-state index in [1.807, 2.05) is 18.2 Å². The number of rotatable bonds is 7. The molecule has 3 nitrogen and oxygen atoms in total. The van der Waals surface area contributed by atoms with Gasteiger partial charge in [0.05, 0.1) is 0 Å². The van der Waals surface area contributed by atoms with Gasteiger partial charge >= 0.3 is 0 Å². The van der Waals surface area contributed by atoms with Crippen molar-refractivity contribution in [3.8, 4) is 5.88 Å². The van der Waals surface area contributed by atoms with Crippen LogP contribution in [0.1, 0.15) is 20.3 Å². The van der Waals surface area contributed by atoms with Gasteiger partial charge in [0.2, 0.25) is 5.88 Å². The third-order valence-corrected chi connectivity index (χ3v) is 2.07. The Labute approximate surface area is 91.9 Å².